The first kappa shape index (κ1) is 16.9. The second kappa shape index (κ2) is 6.89. The van der Waals surface area contributed by atoms with Gasteiger partial charge in [-0.2, -0.15) is 0 Å². The molecule has 2 aromatic rings. The number of carbonyl (C=O) groups is 1. The minimum absolute atomic E-state index is 0.00812. The van der Waals surface area contributed by atoms with E-state index < -0.39 is 0 Å². The molecule has 0 aliphatic heterocycles. The van der Waals surface area contributed by atoms with E-state index in [4.69, 9.17) is 18.9 Å². The molecular formula is C20H20O5. The summed E-state index contributed by atoms with van der Waals surface area (Å²) in [6, 6.07) is 7.27. The molecule has 1 aliphatic rings. The maximum Gasteiger partial charge on any atom is 0.168 e. The second-order valence-corrected chi connectivity index (χ2v) is 5.63. The fourth-order valence-corrected chi connectivity index (χ4v) is 2.97. The molecule has 0 unspecified atom stereocenters. The van der Waals surface area contributed by atoms with E-state index in [2.05, 4.69) is 0 Å². The van der Waals surface area contributed by atoms with Crippen molar-refractivity contribution in [2.75, 3.05) is 28.4 Å². The molecule has 5 nitrogen and oxygen atoms in total. The monoisotopic (exact) mass is 340 g/mol. The standard InChI is InChI=1S/C20H20O5/c1-22-17-8-12-5-6-13-9-18(23-2)20(25-4)11-15(13)16(21)7-14(12)10-19(17)24-3/h5-6,8-11H,7H2,1-4H3/b6-5-. The molecule has 0 N–H and O–H groups in total. The van der Waals surface area contributed by atoms with Crippen LogP contribution < -0.4 is 18.9 Å². The van der Waals surface area contributed by atoms with Crippen LogP contribution in [-0.2, 0) is 6.42 Å². The number of ketones is 1. The van der Waals surface area contributed by atoms with E-state index in [9.17, 15) is 4.79 Å². The number of benzene rings is 2. The molecule has 0 aromatic heterocycles. The van der Waals surface area contributed by atoms with E-state index in [1.807, 2.05) is 30.4 Å². The van der Waals surface area contributed by atoms with Gasteiger partial charge in [-0.25, -0.2) is 0 Å². The van der Waals surface area contributed by atoms with Gasteiger partial charge in [-0.3, -0.25) is 4.79 Å². The summed E-state index contributed by atoms with van der Waals surface area (Å²) in [7, 11) is 6.30. The first-order valence-electron chi connectivity index (χ1n) is 7.83. The smallest absolute Gasteiger partial charge is 0.168 e. The SMILES string of the molecule is COc1cc2c(cc1OC)CC(=O)c1cc(OC)c(OC)cc1/C=C\2. The minimum atomic E-state index is 0.00812. The van der Waals surface area contributed by atoms with Crippen molar-refractivity contribution in [1.82, 2.24) is 0 Å². The van der Waals surface area contributed by atoms with Crippen LogP contribution in [0.2, 0.25) is 0 Å². The molecule has 3 rings (SSSR count). The van der Waals surface area contributed by atoms with E-state index >= 15 is 0 Å². The molecule has 130 valence electrons. The van der Waals surface area contributed by atoms with Gasteiger partial charge in [0, 0.05) is 12.0 Å². The van der Waals surface area contributed by atoms with Gasteiger partial charge in [0.25, 0.3) is 0 Å². The Morgan fingerprint density at radius 2 is 1.16 bits per heavy atom. The average molecular weight is 340 g/mol. The van der Waals surface area contributed by atoms with Crippen LogP contribution in [0.4, 0.5) is 0 Å². The lowest BCUT2D eigenvalue weighted by Crippen LogP contribution is -2.10. The molecule has 5 heteroatoms. The lowest BCUT2D eigenvalue weighted by molar-refractivity contribution is 0.0992. The quantitative estimate of drug-likeness (QED) is 0.851. The Balaban J connectivity index is 2.16. The van der Waals surface area contributed by atoms with Crippen LogP contribution in [0.3, 0.4) is 0 Å². The largest absolute Gasteiger partial charge is 0.493 e. The number of carbonyl (C=O) groups excluding carboxylic acids is 1. The van der Waals surface area contributed by atoms with Gasteiger partial charge in [0.1, 0.15) is 0 Å². The molecule has 25 heavy (non-hydrogen) atoms. The van der Waals surface area contributed by atoms with Crippen molar-refractivity contribution >= 4 is 17.9 Å². The molecule has 0 heterocycles. The molecule has 0 saturated carbocycles. The zero-order valence-electron chi connectivity index (χ0n) is 14.7. The topological polar surface area (TPSA) is 54.0 Å². The van der Waals surface area contributed by atoms with Crippen molar-refractivity contribution in [2.45, 2.75) is 6.42 Å². The van der Waals surface area contributed by atoms with Gasteiger partial charge >= 0.3 is 0 Å². The summed E-state index contributed by atoms with van der Waals surface area (Å²) < 4.78 is 21.4. The van der Waals surface area contributed by atoms with Gasteiger partial charge in [0.15, 0.2) is 28.8 Å². The van der Waals surface area contributed by atoms with Crippen LogP contribution in [0.25, 0.3) is 12.2 Å². The summed E-state index contributed by atoms with van der Waals surface area (Å²) in [5.41, 5.74) is 3.21. The van der Waals surface area contributed by atoms with Crippen LogP contribution in [0.1, 0.15) is 27.0 Å². The summed E-state index contributed by atoms with van der Waals surface area (Å²) >= 11 is 0. The lowest BCUT2D eigenvalue weighted by Gasteiger charge is -2.17. The molecular weight excluding hydrogens is 320 g/mol. The van der Waals surface area contributed by atoms with Gasteiger partial charge < -0.3 is 18.9 Å². The number of methoxy groups -OCH3 is 4. The summed E-state index contributed by atoms with van der Waals surface area (Å²) in [6.07, 6.45) is 4.14. The van der Waals surface area contributed by atoms with Crippen LogP contribution in [0.5, 0.6) is 23.0 Å². The Labute approximate surface area is 146 Å². The number of Topliss-reactive ketones (excluding diaryl/α,β-unsaturated/α-hetero) is 1. The zero-order valence-corrected chi connectivity index (χ0v) is 14.7. The zero-order chi connectivity index (χ0) is 18.0. The van der Waals surface area contributed by atoms with Crippen molar-refractivity contribution in [2.24, 2.45) is 0 Å². The Morgan fingerprint density at radius 1 is 0.680 bits per heavy atom. The van der Waals surface area contributed by atoms with Crippen LogP contribution in [0.15, 0.2) is 24.3 Å². The highest BCUT2D eigenvalue weighted by atomic mass is 16.5. The van der Waals surface area contributed by atoms with E-state index in [1.54, 1.807) is 34.5 Å². The number of hydrogen-bond donors (Lipinski definition) is 0. The van der Waals surface area contributed by atoms with E-state index in [1.165, 1.54) is 0 Å². The van der Waals surface area contributed by atoms with Crippen LogP contribution in [0, 0.1) is 0 Å². The fraction of sp³-hybridized carbons (Fsp3) is 0.250. The third kappa shape index (κ3) is 3.05. The Bertz CT molecular complexity index is 852. The van der Waals surface area contributed by atoms with Crippen LogP contribution in [-0.4, -0.2) is 34.2 Å². The maximum absolute atomic E-state index is 12.8. The number of hydrogen-bond acceptors (Lipinski definition) is 5. The Kier molecular flexibility index (Phi) is 4.65. The first-order chi connectivity index (χ1) is 12.1. The summed E-state index contributed by atoms with van der Waals surface area (Å²) in [5, 5.41) is 0. The number of fused-ring (bicyclic) bond motifs is 2. The van der Waals surface area contributed by atoms with Crippen molar-refractivity contribution in [3.8, 4) is 23.0 Å². The molecule has 2 aromatic carbocycles. The van der Waals surface area contributed by atoms with Crippen molar-refractivity contribution < 1.29 is 23.7 Å². The molecule has 0 bridgehead atoms. The third-order valence-electron chi connectivity index (χ3n) is 4.29. The molecule has 0 fully saturated rings. The Morgan fingerprint density at radius 3 is 1.76 bits per heavy atom. The number of ether oxygens (including phenoxy) is 4. The molecule has 0 radical (unpaired) electrons. The van der Waals surface area contributed by atoms with Gasteiger partial charge in [0.2, 0.25) is 0 Å². The summed E-state index contributed by atoms with van der Waals surface area (Å²) in [6.45, 7) is 0. The predicted molar refractivity (Wildman–Crippen MR) is 96.1 cm³/mol. The van der Waals surface area contributed by atoms with E-state index in [0.717, 1.165) is 16.7 Å². The average Bonchev–Trinajstić information content (AvgIpc) is 2.64. The highest BCUT2D eigenvalue weighted by Gasteiger charge is 2.20. The molecule has 0 spiro atoms. The molecule has 0 saturated heterocycles. The minimum Gasteiger partial charge on any atom is -0.493 e. The van der Waals surface area contributed by atoms with Crippen LogP contribution >= 0.6 is 0 Å². The highest BCUT2D eigenvalue weighted by Crippen LogP contribution is 2.36. The fourth-order valence-electron chi connectivity index (χ4n) is 2.97. The third-order valence-corrected chi connectivity index (χ3v) is 4.29. The maximum atomic E-state index is 12.8. The Hall–Kier alpha value is -2.95. The second-order valence-electron chi connectivity index (χ2n) is 5.63. The highest BCUT2D eigenvalue weighted by molar-refractivity contribution is 6.03. The van der Waals surface area contributed by atoms with Crippen molar-refractivity contribution in [1.29, 1.82) is 0 Å². The first-order valence-corrected chi connectivity index (χ1v) is 7.83. The van der Waals surface area contributed by atoms with Gasteiger partial charge in [-0.1, -0.05) is 12.2 Å². The molecule has 0 amide bonds. The normalized spacial score (nSPS) is 13.8. The van der Waals surface area contributed by atoms with Crippen molar-refractivity contribution in [3.05, 3.63) is 46.5 Å². The molecule has 0 atom stereocenters. The van der Waals surface area contributed by atoms with E-state index in [-0.39, 0.29) is 12.2 Å². The van der Waals surface area contributed by atoms with Gasteiger partial charge in [-0.15, -0.1) is 0 Å². The predicted octanol–water partition coefficient (Wildman–Crippen LogP) is 3.63. The van der Waals surface area contributed by atoms with Gasteiger partial charge in [-0.05, 0) is 41.0 Å². The lowest BCUT2D eigenvalue weighted by atomic mass is 9.91. The summed E-state index contributed by atoms with van der Waals surface area (Å²) in [5.74, 6) is 2.37. The van der Waals surface area contributed by atoms with Crippen molar-refractivity contribution in [3.63, 3.8) is 0 Å². The molecule has 1 aliphatic carbocycles. The van der Waals surface area contributed by atoms with Gasteiger partial charge in [0.05, 0.1) is 28.4 Å². The number of rotatable bonds is 4. The van der Waals surface area contributed by atoms with E-state index in [0.29, 0.717) is 28.6 Å². The summed E-state index contributed by atoms with van der Waals surface area (Å²) in [4.78, 5) is 12.8.